The lowest BCUT2D eigenvalue weighted by Crippen LogP contribution is -2.45. The molecule has 1 fully saturated rings. The number of rotatable bonds is 11. The Labute approximate surface area is 171 Å². The van der Waals surface area contributed by atoms with Crippen molar-refractivity contribution in [2.45, 2.75) is 89.5 Å². The van der Waals surface area contributed by atoms with Gasteiger partial charge in [-0.15, -0.1) is 5.10 Å². The monoisotopic (exact) mass is 411 g/mol. The lowest BCUT2D eigenvalue weighted by Gasteiger charge is -2.24. The lowest BCUT2D eigenvalue weighted by atomic mass is 10.0. The maximum absolute atomic E-state index is 12.2. The fourth-order valence-corrected chi connectivity index (χ4v) is 3.17. The van der Waals surface area contributed by atoms with Gasteiger partial charge in [-0.25, -0.2) is 0 Å². The van der Waals surface area contributed by atoms with Crippen LogP contribution in [-0.4, -0.2) is 50.0 Å². The number of hydrogen-bond donors (Lipinski definition) is 2. The number of carbonyl (C=O) groups excluding carboxylic acids is 2. The molecule has 9 heteroatoms. The molecule has 0 bridgehead atoms. The van der Waals surface area contributed by atoms with Crippen molar-refractivity contribution in [3.05, 3.63) is 0 Å². The number of nitrogens with zero attached hydrogens (tertiary/aromatic N) is 3. The van der Waals surface area contributed by atoms with E-state index in [1.807, 2.05) is 46.1 Å². The van der Waals surface area contributed by atoms with Gasteiger partial charge in [0.15, 0.2) is 11.8 Å². The molecule has 0 spiro atoms. The maximum Gasteiger partial charge on any atom is 0.318 e. The van der Waals surface area contributed by atoms with Crippen molar-refractivity contribution >= 4 is 23.6 Å². The zero-order chi connectivity index (χ0) is 20.9. The zero-order valence-corrected chi connectivity index (χ0v) is 18.6. The Balaban J connectivity index is 1.94. The SMILES string of the molecule is CCC(C)(C)NC(=O)COc1nnc(SCC(=O)NC(C)(C)CC)n1C1CC1. The average molecular weight is 412 g/mol. The summed E-state index contributed by atoms with van der Waals surface area (Å²) in [6.07, 6.45) is 3.73. The first-order chi connectivity index (χ1) is 13.1. The van der Waals surface area contributed by atoms with Crippen LogP contribution in [0.25, 0.3) is 0 Å². The van der Waals surface area contributed by atoms with Gasteiger partial charge in [0.2, 0.25) is 5.91 Å². The fraction of sp³-hybridized carbons (Fsp3) is 0.789. The van der Waals surface area contributed by atoms with Gasteiger partial charge >= 0.3 is 6.01 Å². The number of ether oxygens (including phenoxy) is 1. The van der Waals surface area contributed by atoms with Crippen molar-refractivity contribution in [2.24, 2.45) is 0 Å². The summed E-state index contributed by atoms with van der Waals surface area (Å²) in [5.41, 5.74) is -0.499. The second-order valence-electron chi connectivity index (χ2n) is 8.51. The van der Waals surface area contributed by atoms with Crippen LogP contribution in [-0.2, 0) is 9.59 Å². The van der Waals surface area contributed by atoms with E-state index < -0.39 is 0 Å². The molecule has 0 saturated heterocycles. The number of nitrogens with one attached hydrogen (secondary N) is 2. The topological polar surface area (TPSA) is 98.1 Å². The van der Waals surface area contributed by atoms with Gasteiger partial charge in [0, 0.05) is 17.1 Å². The molecule has 0 aliphatic heterocycles. The van der Waals surface area contributed by atoms with Crippen molar-refractivity contribution in [3.63, 3.8) is 0 Å². The largest absolute Gasteiger partial charge is 0.453 e. The fourth-order valence-electron chi connectivity index (χ4n) is 2.37. The second kappa shape index (κ2) is 9.15. The van der Waals surface area contributed by atoms with Gasteiger partial charge in [-0.05, 0) is 53.4 Å². The third-order valence-corrected chi connectivity index (χ3v) is 5.88. The molecule has 0 aromatic carbocycles. The molecule has 0 atom stereocenters. The van der Waals surface area contributed by atoms with Crippen LogP contribution in [0.15, 0.2) is 5.16 Å². The molecule has 0 radical (unpaired) electrons. The standard InChI is InChI=1S/C19H33N5O3S/c1-7-18(3,4)20-14(25)11-27-16-22-23-17(24(16)13-9-10-13)28-12-15(26)21-19(5,6)8-2/h13H,7-12H2,1-6H3,(H,20,25)(H,21,26). The predicted octanol–water partition coefficient (Wildman–Crippen LogP) is 2.69. The molecule has 1 heterocycles. The highest BCUT2D eigenvalue weighted by Gasteiger charge is 2.31. The van der Waals surface area contributed by atoms with Gasteiger partial charge in [0.1, 0.15) is 0 Å². The smallest absolute Gasteiger partial charge is 0.318 e. The van der Waals surface area contributed by atoms with E-state index in [0.29, 0.717) is 11.2 Å². The van der Waals surface area contributed by atoms with E-state index in [4.69, 9.17) is 4.74 Å². The van der Waals surface area contributed by atoms with Gasteiger partial charge < -0.3 is 15.4 Å². The summed E-state index contributed by atoms with van der Waals surface area (Å²) in [4.78, 5) is 24.3. The Morgan fingerprint density at radius 3 is 2.18 bits per heavy atom. The Morgan fingerprint density at radius 1 is 1.07 bits per heavy atom. The molecule has 2 amide bonds. The number of hydrogen-bond acceptors (Lipinski definition) is 6. The molecule has 2 rings (SSSR count). The number of aromatic nitrogens is 3. The maximum atomic E-state index is 12.2. The molecule has 8 nitrogen and oxygen atoms in total. The van der Waals surface area contributed by atoms with Crippen LogP contribution in [0.2, 0.25) is 0 Å². The summed E-state index contributed by atoms with van der Waals surface area (Å²) in [6, 6.07) is 0.613. The summed E-state index contributed by atoms with van der Waals surface area (Å²) >= 11 is 1.34. The van der Waals surface area contributed by atoms with E-state index in [1.165, 1.54) is 11.8 Å². The molecule has 1 aliphatic carbocycles. The Bertz CT molecular complexity index is 646. The Morgan fingerprint density at radius 2 is 1.64 bits per heavy atom. The molecular formula is C19H33N5O3S. The van der Waals surface area contributed by atoms with E-state index in [0.717, 1.165) is 25.7 Å². The third-order valence-electron chi connectivity index (χ3n) is 4.93. The van der Waals surface area contributed by atoms with Crippen LogP contribution in [0.4, 0.5) is 0 Å². The quantitative estimate of drug-likeness (QED) is 0.543. The van der Waals surface area contributed by atoms with E-state index in [-0.39, 0.29) is 41.3 Å². The molecule has 158 valence electrons. The number of carbonyl (C=O) groups is 2. The molecule has 0 unspecified atom stereocenters. The predicted molar refractivity (Wildman–Crippen MR) is 110 cm³/mol. The molecule has 1 saturated carbocycles. The van der Waals surface area contributed by atoms with Crippen LogP contribution in [0, 0.1) is 0 Å². The average Bonchev–Trinajstić information content (AvgIpc) is 3.37. The molecule has 2 N–H and O–H groups in total. The van der Waals surface area contributed by atoms with Crippen molar-refractivity contribution in [3.8, 4) is 6.01 Å². The number of amides is 2. The Kier molecular flexibility index (Phi) is 7.36. The second-order valence-corrected chi connectivity index (χ2v) is 9.46. The van der Waals surface area contributed by atoms with Gasteiger partial charge in [0.25, 0.3) is 5.91 Å². The highest BCUT2D eigenvalue weighted by Crippen LogP contribution is 2.40. The highest BCUT2D eigenvalue weighted by molar-refractivity contribution is 7.99. The summed E-state index contributed by atoms with van der Waals surface area (Å²) in [5, 5.41) is 14.9. The van der Waals surface area contributed by atoms with Gasteiger partial charge in [0.05, 0.1) is 5.75 Å². The minimum atomic E-state index is -0.273. The van der Waals surface area contributed by atoms with E-state index in [9.17, 15) is 9.59 Å². The minimum absolute atomic E-state index is 0.0363. The highest BCUT2D eigenvalue weighted by atomic mass is 32.2. The first kappa shape index (κ1) is 22.5. The number of thioether (sulfide) groups is 1. The zero-order valence-electron chi connectivity index (χ0n) is 17.8. The summed E-state index contributed by atoms with van der Waals surface area (Å²) in [5.74, 6) is 0.0397. The summed E-state index contributed by atoms with van der Waals surface area (Å²) in [6.45, 7) is 11.9. The van der Waals surface area contributed by atoms with Crippen LogP contribution < -0.4 is 15.4 Å². The molecular weight excluding hydrogens is 378 g/mol. The summed E-state index contributed by atoms with van der Waals surface area (Å²) in [7, 11) is 0. The van der Waals surface area contributed by atoms with Crippen molar-refractivity contribution < 1.29 is 14.3 Å². The van der Waals surface area contributed by atoms with Crippen LogP contribution in [0.3, 0.4) is 0 Å². The van der Waals surface area contributed by atoms with Crippen LogP contribution >= 0.6 is 11.8 Å². The van der Waals surface area contributed by atoms with Crippen molar-refractivity contribution in [2.75, 3.05) is 12.4 Å². The van der Waals surface area contributed by atoms with Crippen molar-refractivity contribution in [1.82, 2.24) is 25.4 Å². The molecule has 1 aromatic rings. The van der Waals surface area contributed by atoms with E-state index in [1.54, 1.807) is 0 Å². The molecule has 28 heavy (non-hydrogen) atoms. The van der Waals surface area contributed by atoms with Gasteiger partial charge in [-0.2, -0.15) is 0 Å². The summed E-state index contributed by atoms with van der Waals surface area (Å²) < 4.78 is 7.54. The molecule has 1 aromatic heterocycles. The Hall–Kier alpha value is -1.77. The first-order valence-corrected chi connectivity index (χ1v) is 10.9. The third kappa shape index (κ3) is 6.68. The van der Waals surface area contributed by atoms with Crippen LogP contribution in [0.5, 0.6) is 6.01 Å². The van der Waals surface area contributed by atoms with Crippen LogP contribution in [0.1, 0.15) is 73.3 Å². The van der Waals surface area contributed by atoms with Gasteiger partial charge in [-0.3, -0.25) is 14.2 Å². The first-order valence-electron chi connectivity index (χ1n) is 9.89. The van der Waals surface area contributed by atoms with E-state index >= 15 is 0 Å². The molecule has 1 aliphatic rings. The minimum Gasteiger partial charge on any atom is -0.453 e. The van der Waals surface area contributed by atoms with E-state index in [2.05, 4.69) is 20.8 Å². The normalized spacial score (nSPS) is 14.6. The van der Waals surface area contributed by atoms with Gasteiger partial charge in [-0.1, -0.05) is 30.7 Å². The lowest BCUT2D eigenvalue weighted by molar-refractivity contribution is -0.125. The van der Waals surface area contributed by atoms with Crippen molar-refractivity contribution in [1.29, 1.82) is 0 Å².